The molecule has 0 heterocycles. The van der Waals surface area contributed by atoms with Gasteiger partial charge >= 0.3 is 5.97 Å². The van der Waals surface area contributed by atoms with E-state index >= 15 is 0 Å². The van der Waals surface area contributed by atoms with Gasteiger partial charge in [-0.05, 0) is 20.3 Å². The van der Waals surface area contributed by atoms with Crippen molar-refractivity contribution in [2.45, 2.75) is 71.5 Å². The Labute approximate surface area is 116 Å². The molecule has 0 aromatic heterocycles. The maximum absolute atomic E-state index is 10.0. The van der Waals surface area contributed by atoms with Gasteiger partial charge in [-0.2, -0.15) is 0 Å². The molecular formula is C14H30O5. The molecule has 0 radical (unpaired) electrons. The first-order chi connectivity index (χ1) is 8.93. The minimum absolute atomic E-state index is 0.00667. The van der Waals surface area contributed by atoms with Gasteiger partial charge in [0.25, 0.3) is 0 Å². The molecule has 5 heteroatoms. The van der Waals surface area contributed by atoms with Crippen LogP contribution in [0.4, 0.5) is 0 Å². The van der Waals surface area contributed by atoms with Crippen molar-refractivity contribution in [3.8, 4) is 0 Å². The van der Waals surface area contributed by atoms with Crippen molar-refractivity contribution < 1.29 is 24.9 Å². The lowest BCUT2D eigenvalue weighted by Gasteiger charge is -2.10. The molecule has 116 valence electrons. The van der Waals surface area contributed by atoms with Crippen LogP contribution in [0.25, 0.3) is 0 Å². The van der Waals surface area contributed by atoms with Crippen LogP contribution in [0.5, 0.6) is 0 Å². The zero-order valence-electron chi connectivity index (χ0n) is 12.5. The van der Waals surface area contributed by atoms with Crippen LogP contribution < -0.4 is 0 Å². The molecule has 19 heavy (non-hydrogen) atoms. The molecule has 0 spiro atoms. The van der Waals surface area contributed by atoms with Crippen LogP contribution in [0.2, 0.25) is 0 Å². The molecule has 0 amide bonds. The molecule has 2 unspecified atom stereocenters. The Morgan fingerprint density at radius 2 is 1.74 bits per heavy atom. The molecule has 0 saturated heterocycles. The van der Waals surface area contributed by atoms with Crippen LogP contribution in [0.1, 0.15) is 59.3 Å². The largest absolute Gasteiger partial charge is 0.481 e. The van der Waals surface area contributed by atoms with Gasteiger partial charge in [0.15, 0.2) is 0 Å². The average molecular weight is 278 g/mol. The Bertz CT molecular complexity index is 194. The summed E-state index contributed by atoms with van der Waals surface area (Å²) in [5, 5.41) is 25.4. The highest BCUT2D eigenvalue weighted by atomic mass is 16.5. The quantitative estimate of drug-likeness (QED) is 0.533. The third-order valence-corrected chi connectivity index (χ3v) is 2.37. The number of aliphatic hydroxyl groups is 2. The number of carboxylic acid groups (broad SMARTS) is 1. The highest BCUT2D eigenvalue weighted by Crippen LogP contribution is 2.04. The van der Waals surface area contributed by atoms with Crippen molar-refractivity contribution in [1.82, 2.24) is 0 Å². The Hall–Kier alpha value is -0.650. The van der Waals surface area contributed by atoms with Crippen molar-refractivity contribution >= 4 is 5.97 Å². The summed E-state index contributed by atoms with van der Waals surface area (Å²) < 4.78 is 4.95. The Balaban J connectivity index is 0. The van der Waals surface area contributed by atoms with E-state index in [4.69, 9.17) is 20.1 Å². The lowest BCUT2D eigenvalue weighted by Crippen LogP contribution is -2.19. The fourth-order valence-electron chi connectivity index (χ4n) is 1.24. The first-order valence-corrected chi connectivity index (χ1v) is 7.06. The summed E-state index contributed by atoms with van der Waals surface area (Å²) in [5.74, 6) is -0.670. The Morgan fingerprint density at radius 3 is 2.16 bits per heavy atom. The zero-order chi connectivity index (χ0) is 15.1. The van der Waals surface area contributed by atoms with Gasteiger partial charge in [-0.3, -0.25) is 4.79 Å². The number of hydrogen-bond acceptors (Lipinski definition) is 4. The van der Waals surface area contributed by atoms with Crippen LogP contribution in [-0.4, -0.2) is 46.7 Å². The first kappa shape index (κ1) is 20.7. The molecular weight excluding hydrogens is 248 g/mol. The number of ether oxygens (including phenoxy) is 1. The number of aliphatic hydroxyl groups excluding tert-OH is 2. The van der Waals surface area contributed by atoms with Gasteiger partial charge in [0.2, 0.25) is 0 Å². The van der Waals surface area contributed by atoms with E-state index in [2.05, 4.69) is 6.92 Å². The van der Waals surface area contributed by atoms with E-state index in [0.717, 1.165) is 12.8 Å². The summed E-state index contributed by atoms with van der Waals surface area (Å²) in [5.41, 5.74) is 0. The molecule has 0 saturated carbocycles. The van der Waals surface area contributed by atoms with E-state index in [1.54, 1.807) is 13.8 Å². The number of aliphatic carboxylic acids is 1. The van der Waals surface area contributed by atoms with Crippen LogP contribution in [0.3, 0.4) is 0 Å². The molecule has 0 fully saturated rings. The number of rotatable bonds is 10. The summed E-state index contributed by atoms with van der Waals surface area (Å²) in [6.07, 6.45) is 5.27. The Morgan fingerprint density at radius 1 is 1.16 bits per heavy atom. The van der Waals surface area contributed by atoms with Crippen molar-refractivity contribution in [1.29, 1.82) is 0 Å². The van der Waals surface area contributed by atoms with Gasteiger partial charge in [-0.15, -0.1) is 0 Å². The number of hydrogen-bond donors (Lipinski definition) is 3. The normalized spacial score (nSPS) is 13.3. The molecule has 0 aromatic rings. The number of carboxylic acids is 1. The van der Waals surface area contributed by atoms with Crippen molar-refractivity contribution in [3.05, 3.63) is 0 Å². The van der Waals surface area contributed by atoms with Gasteiger partial charge in [-0.25, -0.2) is 0 Å². The predicted molar refractivity (Wildman–Crippen MR) is 75.2 cm³/mol. The Kier molecular flexibility index (Phi) is 16.8. The third kappa shape index (κ3) is 22.9. The molecule has 0 aliphatic heterocycles. The number of unbranched alkanes of at least 4 members (excludes halogenated alkanes) is 4. The third-order valence-electron chi connectivity index (χ3n) is 2.37. The standard InChI is InChI=1S/C8H16O2.C6H14O3/c1-2-3-4-5-6-7-8(9)10;1-5(8)4-9-6(2)3-7/h2-7H2,1H3,(H,9,10);5-8H,3-4H2,1-2H3. The summed E-state index contributed by atoms with van der Waals surface area (Å²) in [6.45, 7) is 5.85. The fourth-order valence-corrected chi connectivity index (χ4v) is 1.24. The summed E-state index contributed by atoms with van der Waals surface area (Å²) in [6, 6.07) is 0. The van der Waals surface area contributed by atoms with E-state index in [9.17, 15) is 4.79 Å². The highest BCUT2D eigenvalue weighted by Gasteiger charge is 2.00. The van der Waals surface area contributed by atoms with Crippen LogP contribution in [0.15, 0.2) is 0 Å². The zero-order valence-corrected chi connectivity index (χ0v) is 12.5. The average Bonchev–Trinajstić information content (AvgIpc) is 2.36. The van der Waals surface area contributed by atoms with Gasteiger partial charge in [0.1, 0.15) is 0 Å². The maximum atomic E-state index is 10.0. The summed E-state index contributed by atoms with van der Waals surface area (Å²) >= 11 is 0. The topological polar surface area (TPSA) is 87.0 Å². The SMILES string of the molecule is CC(O)COC(C)CO.CCCCCCCC(=O)O. The van der Waals surface area contributed by atoms with Gasteiger partial charge < -0.3 is 20.1 Å². The minimum atomic E-state index is -0.670. The van der Waals surface area contributed by atoms with Crippen molar-refractivity contribution in [3.63, 3.8) is 0 Å². The monoisotopic (exact) mass is 278 g/mol. The lowest BCUT2D eigenvalue weighted by molar-refractivity contribution is -0.137. The molecule has 0 aromatic carbocycles. The summed E-state index contributed by atoms with van der Waals surface area (Å²) in [4.78, 5) is 10.0. The van der Waals surface area contributed by atoms with E-state index in [1.165, 1.54) is 19.3 Å². The second-order valence-corrected chi connectivity index (χ2v) is 4.73. The molecule has 0 aliphatic rings. The van der Waals surface area contributed by atoms with Gasteiger partial charge in [0, 0.05) is 6.42 Å². The van der Waals surface area contributed by atoms with Crippen LogP contribution >= 0.6 is 0 Å². The minimum Gasteiger partial charge on any atom is -0.481 e. The second-order valence-electron chi connectivity index (χ2n) is 4.73. The van der Waals surface area contributed by atoms with E-state index in [-0.39, 0.29) is 12.7 Å². The second kappa shape index (κ2) is 15.4. The van der Waals surface area contributed by atoms with Crippen LogP contribution in [-0.2, 0) is 9.53 Å². The van der Waals surface area contributed by atoms with Gasteiger partial charge in [-0.1, -0.05) is 32.6 Å². The van der Waals surface area contributed by atoms with E-state index in [0.29, 0.717) is 13.0 Å². The number of carbonyl (C=O) groups is 1. The molecule has 5 nitrogen and oxygen atoms in total. The molecule has 0 bridgehead atoms. The van der Waals surface area contributed by atoms with Gasteiger partial charge in [0.05, 0.1) is 25.4 Å². The van der Waals surface area contributed by atoms with E-state index < -0.39 is 12.1 Å². The lowest BCUT2D eigenvalue weighted by atomic mass is 10.1. The summed E-state index contributed by atoms with van der Waals surface area (Å²) in [7, 11) is 0. The van der Waals surface area contributed by atoms with Crippen LogP contribution in [0, 0.1) is 0 Å². The molecule has 0 rings (SSSR count). The predicted octanol–water partition coefficient (Wildman–Crippen LogP) is 2.20. The van der Waals surface area contributed by atoms with Crippen molar-refractivity contribution in [2.75, 3.05) is 13.2 Å². The maximum Gasteiger partial charge on any atom is 0.303 e. The van der Waals surface area contributed by atoms with Crippen molar-refractivity contribution in [2.24, 2.45) is 0 Å². The fraction of sp³-hybridized carbons (Fsp3) is 0.929. The smallest absolute Gasteiger partial charge is 0.303 e. The van der Waals surface area contributed by atoms with E-state index in [1.807, 2.05) is 0 Å². The molecule has 3 N–H and O–H groups in total. The highest BCUT2D eigenvalue weighted by molar-refractivity contribution is 5.66. The first-order valence-electron chi connectivity index (χ1n) is 7.06. The molecule has 0 aliphatic carbocycles. The molecule has 2 atom stereocenters.